The fourth-order valence-electron chi connectivity index (χ4n) is 2.69. The Bertz CT molecular complexity index is 570. The largest absolute Gasteiger partial charge is 0.477 e. The van der Waals surface area contributed by atoms with E-state index in [1.54, 1.807) is 13.8 Å². The second-order valence-corrected chi connectivity index (χ2v) is 5.19. The van der Waals surface area contributed by atoms with Gasteiger partial charge < -0.3 is 15.4 Å². The first kappa shape index (κ1) is 14.4. The molecule has 1 aliphatic rings. The molecule has 0 aliphatic heterocycles. The van der Waals surface area contributed by atoms with Crippen molar-refractivity contribution >= 4 is 11.9 Å². The van der Waals surface area contributed by atoms with Gasteiger partial charge in [-0.15, -0.1) is 0 Å². The quantitative estimate of drug-likeness (QED) is 0.723. The number of carboxylic acid groups (broad SMARTS) is 1. The minimum atomic E-state index is -1.04. The summed E-state index contributed by atoms with van der Waals surface area (Å²) in [5, 5.41) is 11.9. The molecule has 108 valence electrons. The number of hydrogen-bond donors (Lipinski definition) is 3. The Labute approximate surface area is 118 Å². The highest BCUT2D eigenvalue weighted by Gasteiger charge is 2.21. The van der Waals surface area contributed by atoms with E-state index < -0.39 is 5.97 Å². The molecule has 0 saturated heterocycles. The predicted octanol–water partition coefficient (Wildman–Crippen LogP) is 2.56. The van der Waals surface area contributed by atoms with Crippen LogP contribution >= 0.6 is 0 Å². The molecule has 0 spiro atoms. The van der Waals surface area contributed by atoms with Crippen molar-refractivity contribution in [1.82, 2.24) is 10.3 Å². The number of aromatic nitrogens is 1. The standard InChI is InChI=1S/C15H20N2O3/c1-9-12(10(2)17-13(9)15(19)20)14(18)16-8-7-11-5-3-4-6-11/h5,17H,3-4,6-8H2,1-2H3,(H,16,18)(H,19,20). The lowest BCUT2D eigenvalue weighted by Gasteiger charge is -2.06. The van der Waals surface area contributed by atoms with Gasteiger partial charge in [-0.05, 0) is 45.1 Å². The highest BCUT2D eigenvalue weighted by Crippen LogP contribution is 2.20. The van der Waals surface area contributed by atoms with Crippen LogP contribution in [-0.4, -0.2) is 28.5 Å². The topological polar surface area (TPSA) is 82.2 Å². The molecular formula is C15H20N2O3. The molecule has 3 N–H and O–H groups in total. The van der Waals surface area contributed by atoms with Crippen LogP contribution in [0.4, 0.5) is 0 Å². The molecule has 1 amide bonds. The molecule has 0 unspecified atom stereocenters. The first-order valence-electron chi connectivity index (χ1n) is 6.89. The van der Waals surface area contributed by atoms with E-state index in [2.05, 4.69) is 16.4 Å². The van der Waals surface area contributed by atoms with E-state index in [0.29, 0.717) is 23.4 Å². The third kappa shape index (κ3) is 2.92. The molecule has 0 aromatic carbocycles. The SMILES string of the molecule is Cc1[nH]c(C(=O)O)c(C)c1C(=O)NCCC1=CCCC1. The number of hydrogen-bond acceptors (Lipinski definition) is 2. The van der Waals surface area contributed by atoms with Crippen molar-refractivity contribution in [3.63, 3.8) is 0 Å². The summed E-state index contributed by atoms with van der Waals surface area (Å²) < 4.78 is 0. The summed E-state index contributed by atoms with van der Waals surface area (Å²) in [6.45, 7) is 3.96. The van der Waals surface area contributed by atoms with Crippen molar-refractivity contribution in [3.05, 3.63) is 34.2 Å². The van der Waals surface area contributed by atoms with E-state index in [1.165, 1.54) is 12.0 Å². The Kier molecular flexibility index (Phi) is 4.27. The highest BCUT2D eigenvalue weighted by molar-refractivity contribution is 6.00. The van der Waals surface area contributed by atoms with Gasteiger partial charge in [-0.2, -0.15) is 0 Å². The number of aromatic carboxylic acids is 1. The van der Waals surface area contributed by atoms with Crippen molar-refractivity contribution in [2.45, 2.75) is 39.5 Å². The number of H-pyrrole nitrogens is 1. The van der Waals surface area contributed by atoms with Crippen molar-refractivity contribution in [2.24, 2.45) is 0 Å². The van der Waals surface area contributed by atoms with Gasteiger partial charge in [0.1, 0.15) is 5.69 Å². The number of nitrogens with one attached hydrogen (secondary N) is 2. The van der Waals surface area contributed by atoms with Crippen molar-refractivity contribution in [3.8, 4) is 0 Å². The minimum Gasteiger partial charge on any atom is -0.477 e. The summed E-state index contributed by atoms with van der Waals surface area (Å²) in [4.78, 5) is 25.9. The Morgan fingerprint density at radius 1 is 1.40 bits per heavy atom. The predicted molar refractivity (Wildman–Crippen MR) is 76.1 cm³/mol. The first-order chi connectivity index (χ1) is 9.50. The van der Waals surface area contributed by atoms with Gasteiger partial charge in [-0.1, -0.05) is 11.6 Å². The number of rotatable bonds is 5. The molecule has 0 bridgehead atoms. The van der Waals surface area contributed by atoms with E-state index in [0.717, 1.165) is 19.3 Å². The molecule has 5 nitrogen and oxygen atoms in total. The van der Waals surface area contributed by atoms with Crippen LogP contribution in [0.1, 0.15) is 57.8 Å². The van der Waals surface area contributed by atoms with Gasteiger partial charge in [-0.25, -0.2) is 4.79 Å². The van der Waals surface area contributed by atoms with Gasteiger partial charge in [0.15, 0.2) is 0 Å². The van der Waals surface area contributed by atoms with Crippen LogP contribution < -0.4 is 5.32 Å². The van der Waals surface area contributed by atoms with Gasteiger partial charge in [0.25, 0.3) is 5.91 Å². The maximum Gasteiger partial charge on any atom is 0.352 e. The number of allylic oxidation sites excluding steroid dienone is 1. The van der Waals surface area contributed by atoms with Gasteiger partial charge in [0.2, 0.25) is 0 Å². The van der Waals surface area contributed by atoms with E-state index in [1.807, 2.05) is 0 Å². The Balaban J connectivity index is 2.00. The molecule has 20 heavy (non-hydrogen) atoms. The third-order valence-corrected chi connectivity index (χ3v) is 3.75. The van der Waals surface area contributed by atoms with Crippen LogP contribution in [0.25, 0.3) is 0 Å². The summed E-state index contributed by atoms with van der Waals surface area (Å²) in [6.07, 6.45) is 6.59. The Morgan fingerprint density at radius 3 is 2.70 bits per heavy atom. The number of aryl methyl sites for hydroxylation is 1. The molecule has 0 saturated carbocycles. The maximum atomic E-state index is 12.2. The summed E-state index contributed by atoms with van der Waals surface area (Å²) in [5.74, 6) is -1.25. The van der Waals surface area contributed by atoms with Gasteiger partial charge >= 0.3 is 5.97 Å². The average Bonchev–Trinajstić information content (AvgIpc) is 2.97. The fourth-order valence-corrected chi connectivity index (χ4v) is 2.69. The molecule has 2 rings (SSSR count). The summed E-state index contributed by atoms with van der Waals surface area (Å²) in [5.41, 5.74) is 3.03. The maximum absolute atomic E-state index is 12.2. The number of carbonyl (C=O) groups is 2. The van der Waals surface area contributed by atoms with Gasteiger partial charge in [0.05, 0.1) is 5.56 Å². The zero-order chi connectivity index (χ0) is 14.7. The lowest BCUT2D eigenvalue weighted by Crippen LogP contribution is -2.25. The second-order valence-electron chi connectivity index (χ2n) is 5.19. The average molecular weight is 276 g/mol. The van der Waals surface area contributed by atoms with Crippen molar-refractivity contribution < 1.29 is 14.7 Å². The van der Waals surface area contributed by atoms with Gasteiger partial charge in [-0.3, -0.25) is 4.79 Å². The molecule has 0 radical (unpaired) electrons. The summed E-state index contributed by atoms with van der Waals surface area (Å²) in [6, 6.07) is 0. The lowest BCUT2D eigenvalue weighted by atomic mass is 10.1. The molecule has 0 atom stereocenters. The van der Waals surface area contributed by atoms with Gasteiger partial charge in [0, 0.05) is 12.2 Å². The number of aromatic amines is 1. The number of carbonyl (C=O) groups excluding carboxylic acids is 1. The van der Waals surface area contributed by atoms with Crippen LogP contribution in [0.3, 0.4) is 0 Å². The summed E-state index contributed by atoms with van der Waals surface area (Å²) in [7, 11) is 0. The van der Waals surface area contributed by atoms with E-state index in [-0.39, 0.29) is 11.6 Å². The van der Waals surface area contributed by atoms with Crippen LogP contribution in [0.5, 0.6) is 0 Å². The first-order valence-corrected chi connectivity index (χ1v) is 6.89. The zero-order valence-corrected chi connectivity index (χ0v) is 11.9. The van der Waals surface area contributed by atoms with Crippen LogP contribution in [0.15, 0.2) is 11.6 Å². The lowest BCUT2D eigenvalue weighted by molar-refractivity contribution is 0.0690. The van der Waals surface area contributed by atoms with Crippen molar-refractivity contribution in [1.29, 1.82) is 0 Å². The third-order valence-electron chi connectivity index (χ3n) is 3.75. The van der Waals surface area contributed by atoms with Crippen molar-refractivity contribution in [2.75, 3.05) is 6.54 Å². The van der Waals surface area contributed by atoms with Crippen LogP contribution in [0, 0.1) is 13.8 Å². The van der Waals surface area contributed by atoms with Crippen LogP contribution in [0.2, 0.25) is 0 Å². The van der Waals surface area contributed by atoms with E-state index in [9.17, 15) is 9.59 Å². The molecular weight excluding hydrogens is 256 g/mol. The Hall–Kier alpha value is -2.04. The minimum absolute atomic E-state index is 0.0890. The molecule has 1 heterocycles. The second kappa shape index (κ2) is 5.94. The smallest absolute Gasteiger partial charge is 0.352 e. The molecule has 1 aromatic heterocycles. The molecule has 5 heteroatoms. The highest BCUT2D eigenvalue weighted by atomic mass is 16.4. The monoisotopic (exact) mass is 276 g/mol. The summed E-state index contributed by atoms with van der Waals surface area (Å²) >= 11 is 0. The number of carboxylic acids is 1. The van der Waals surface area contributed by atoms with E-state index >= 15 is 0 Å². The molecule has 1 aliphatic carbocycles. The van der Waals surface area contributed by atoms with Crippen LogP contribution in [-0.2, 0) is 0 Å². The molecule has 1 aromatic rings. The van der Waals surface area contributed by atoms with E-state index in [4.69, 9.17) is 5.11 Å². The normalized spacial score (nSPS) is 14.2. The zero-order valence-electron chi connectivity index (χ0n) is 11.9. The molecule has 0 fully saturated rings. The number of amides is 1. The fraction of sp³-hybridized carbons (Fsp3) is 0.467. The Morgan fingerprint density at radius 2 is 2.15 bits per heavy atom.